The summed E-state index contributed by atoms with van der Waals surface area (Å²) in [5.74, 6) is -0.439. The van der Waals surface area contributed by atoms with Crippen LogP contribution < -0.4 is 5.32 Å². The van der Waals surface area contributed by atoms with Crippen molar-refractivity contribution in [1.29, 1.82) is 0 Å². The van der Waals surface area contributed by atoms with Gasteiger partial charge in [0.2, 0.25) is 5.91 Å². The quantitative estimate of drug-likeness (QED) is 0.858. The van der Waals surface area contributed by atoms with Gasteiger partial charge in [0.15, 0.2) is 0 Å². The van der Waals surface area contributed by atoms with Crippen molar-refractivity contribution in [1.82, 2.24) is 0 Å². The summed E-state index contributed by atoms with van der Waals surface area (Å²) in [6.45, 7) is 1.22. The van der Waals surface area contributed by atoms with Gasteiger partial charge in [-0.3, -0.25) is 4.79 Å². The molecule has 0 saturated heterocycles. The molecule has 0 bridgehead atoms. The fourth-order valence-corrected chi connectivity index (χ4v) is 1.40. The molecule has 0 aromatic heterocycles. The van der Waals surface area contributed by atoms with Gasteiger partial charge in [0.1, 0.15) is 0 Å². The molecule has 0 heterocycles. The van der Waals surface area contributed by atoms with Crippen molar-refractivity contribution < 1.29 is 18.0 Å². The van der Waals surface area contributed by atoms with Crippen LogP contribution in [0.3, 0.4) is 0 Å². The fourth-order valence-electron chi connectivity index (χ4n) is 1.22. The van der Waals surface area contributed by atoms with E-state index in [9.17, 15) is 18.0 Å². The van der Waals surface area contributed by atoms with Crippen LogP contribution in [0, 0.1) is 0 Å². The number of halogens is 4. The van der Waals surface area contributed by atoms with Crippen LogP contribution in [0.2, 0.25) is 5.02 Å². The van der Waals surface area contributed by atoms with E-state index >= 15 is 0 Å². The van der Waals surface area contributed by atoms with Gasteiger partial charge in [-0.25, -0.2) is 0 Å². The summed E-state index contributed by atoms with van der Waals surface area (Å²) >= 11 is 5.64. The van der Waals surface area contributed by atoms with Gasteiger partial charge < -0.3 is 5.32 Å². The molecule has 6 heteroatoms. The van der Waals surface area contributed by atoms with E-state index < -0.39 is 18.5 Å². The molecule has 16 heavy (non-hydrogen) atoms. The molecule has 0 aliphatic carbocycles. The predicted molar refractivity (Wildman–Crippen MR) is 55.5 cm³/mol. The van der Waals surface area contributed by atoms with Crippen LogP contribution in [-0.2, 0) is 11.2 Å². The maximum Gasteiger partial charge on any atom is 0.393 e. The van der Waals surface area contributed by atoms with Crippen molar-refractivity contribution in [3.05, 3.63) is 28.8 Å². The van der Waals surface area contributed by atoms with E-state index in [4.69, 9.17) is 11.6 Å². The number of nitrogens with one attached hydrogen (secondary N) is 1. The Morgan fingerprint density at radius 1 is 1.44 bits per heavy atom. The number of benzene rings is 1. The lowest BCUT2D eigenvalue weighted by Gasteiger charge is -2.12. The molecule has 0 aliphatic heterocycles. The Morgan fingerprint density at radius 2 is 2.06 bits per heavy atom. The summed E-state index contributed by atoms with van der Waals surface area (Å²) < 4.78 is 36.6. The number of hydrogen-bond donors (Lipinski definition) is 1. The van der Waals surface area contributed by atoms with Crippen LogP contribution in [0.5, 0.6) is 0 Å². The summed E-state index contributed by atoms with van der Waals surface area (Å²) in [6, 6.07) is 3.90. The molecular formula is C10H9ClF3NO. The fraction of sp³-hybridized carbons (Fsp3) is 0.300. The Labute approximate surface area is 95.4 Å². The summed E-state index contributed by atoms with van der Waals surface area (Å²) in [5, 5.41) is 2.59. The van der Waals surface area contributed by atoms with Crippen LogP contribution >= 0.6 is 11.6 Å². The van der Waals surface area contributed by atoms with Crippen molar-refractivity contribution >= 4 is 23.2 Å². The minimum atomic E-state index is -4.32. The monoisotopic (exact) mass is 251 g/mol. The van der Waals surface area contributed by atoms with Gasteiger partial charge >= 0.3 is 6.18 Å². The summed E-state index contributed by atoms with van der Waals surface area (Å²) in [7, 11) is 0. The first-order valence-corrected chi connectivity index (χ1v) is 4.78. The van der Waals surface area contributed by atoms with Crippen molar-refractivity contribution in [2.24, 2.45) is 0 Å². The van der Waals surface area contributed by atoms with E-state index in [1.165, 1.54) is 25.1 Å². The summed E-state index contributed by atoms with van der Waals surface area (Å²) in [4.78, 5) is 10.8. The first kappa shape index (κ1) is 12.8. The second-order valence-corrected chi connectivity index (χ2v) is 3.71. The van der Waals surface area contributed by atoms with Crippen LogP contribution in [0.25, 0.3) is 0 Å². The van der Waals surface area contributed by atoms with Crippen molar-refractivity contribution in [3.63, 3.8) is 0 Å². The van der Waals surface area contributed by atoms with Gasteiger partial charge in [0.05, 0.1) is 6.42 Å². The minimum Gasteiger partial charge on any atom is -0.326 e. The number of carbonyl (C=O) groups excluding carboxylic acids is 1. The van der Waals surface area contributed by atoms with Crippen LogP contribution in [-0.4, -0.2) is 12.1 Å². The Morgan fingerprint density at radius 3 is 2.56 bits per heavy atom. The maximum absolute atomic E-state index is 12.2. The molecular weight excluding hydrogens is 243 g/mol. The summed E-state index contributed by atoms with van der Waals surface area (Å²) in [6.07, 6.45) is -5.42. The lowest BCUT2D eigenvalue weighted by atomic mass is 10.1. The highest BCUT2D eigenvalue weighted by Gasteiger charge is 2.29. The standard InChI is InChI=1S/C10H9ClF3NO/c1-6(16)15-9-4-8(11)3-2-7(9)5-10(12,13)14/h2-4H,5H2,1H3,(H,15,16). The second kappa shape index (κ2) is 4.74. The second-order valence-electron chi connectivity index (χ2n) is 3.27. The number of rotatable bonds is 2. The van der Waals surface area contributed by atoms with Crippen LogP contribution in [0.4, 0.5) is 18.9 Å². The molecule has 0 fully saturated rings. The van der Waals surface area contributed by atoms with Gasteiger partial charge in [-0.15, -0.1) is 0 Å². The normalized spacial score (nSPS) is 11.3. The Hall–Kier alpha value is -1.23. The maximum atomic E-state index is 12.2. The van der Waals surface area contributed by atoms with E-state index in [1.807, 2.05) is 0 Å². The molecule has 88 valence electrons. The third-order valence-corrected chi connectivity index (χ3v) is 2.01. The zero-order valence-corrected chi connectivity index (χ0v) is 9.12. The van der Waals surface area contributed by atoms with E-state index in [0.29, 0.717) is 0 Å². The van der Waals surface area contributed by atoms with Gasteiger partial charge in [0, 0.05) is 17.6 Å². The highest BCUT2D eigenvalue weighted by Crippen LogP contribution is 2.28. The number of anilines is 1. The average molecular weight is 252 g/mol. The number of carbonyl (C=O) groups is 1. The molecule has 1 amide bonds. The first-order chi connectivity index (χ1) is 7.28. The van der Waals surface area contributed by atoms with E-state index in [0.717, 1.165) is 0 Å². The lowest BCUT2D eigenvalue weighted by molar-refractivity contribution is -0.127. The van der Waals surface area contributed by atoms with Crippen LogP contribution in [0.15, 0.2) is 18.2 Å². The lowest BCUT2D eigenvalue weighted by Crippen LogP contribution is -2.15. The average Bonchev–Trinajstić information content (AvgIpc) is 2.06. The Bertz CT molecular complexity index is 404. The molecule has 2 nitrogen and oxygen atoms in total. The topological polar surface area (TPSA) is 29.1 Å². The van der Waals surface area contributed by atoms with Crippen molar-refractivity contribution in [2.45, 2.75) is 19.5 Å². The van der Waals surface area contributed by atoms with E-state index in [2.05, 4.69) is 5.32 Å². The Balaban J connectivity index is 3.02. The van der Waals surface area contributed by atoms with E-state index in [1.54, 1.807) is 0 Å². The number of alkyl halides is 3. The highest BCUT2D eigenvalue weighted by molar-refractivity contribution is 6.31. The number of amides is 1. The highest BCUT2D eigenvalue weighted by atomic mass is 35.5. The van der Waals surface area contributed by atoms with Gasteiger partial charge in [-0.05, 0) is 17.7 Å². The largest absolute Gasteiger partial charge is 0.393 e. The SMILES string of the molecule is CC(=O)Nc1cc(Cl)ccc1CC(F)(F)F. The third kappa shape index (κ3) is 4.10. The molecule has 1 rings (SSSR count). The molecule has 1 aromatic rings. The molecule has 0 atom stereocenters. The first-order valence-electron chi connectivity index (χ1n) is 4.41. The zero-order chi connectivity index (χ0) is 12.3. The minimum absolute atomic E-state index is 0.00731. The molecule has 0 unspecified atom stereocenters. The van der Waals surface area contributed by atoms with E-state index in [-0.39, 0.29) is 16.3 Å². The smallest absolute Gasteiger partial charge is 0.326 e. The number of hydrogen-bond acceptors (Lipinski definition) is 1. The predicted octanol–water partition coefficient (Wildman–Crippen LogP) is 3.40. The summed E-state index contributed by atoms with van der Waals surface area (Å²) in [5.41, 5.74) is 0.0874. The van der Waals surface area contributed by atoms with Crippen LogP contribution in [0.1, 0.15) is 12.5 Å². The van der Waals surface area contributed by atoms with Gasteiger partial charge in [-0.2, -0.15) is 13.2 Å². The molecule has 1 aromatic carbocycles. The van der Waals surface area contributed by atoms with Crippen molar-refractivity contribution in [2.75, 3.05) is 5.32 Å². The Kier molecular flexibility index (Phi) is 3.80. The zero-order valence-electron chi connectivity index (χ0n) is 8.36. The molecule has 0 aliphatic rings. The molecule has 0 spiro atoms. The molecule has 0 saturated carbocycles. The van der Waals surface area contributed by atoms with Gasteiger partial charge in [-0.1, -0.05) is 17.7 Å². The van der Waals surface area contributed by atoms with Gasteiger partial charge in [0.25, 0.3) is 0 Å². The molecule has 1 N–H and O–H groups in total. The third-order valence-electron chi connectivity index (χ3n) is 1.77. The molecule has 0 radical (unpaired) electrons. The van der Waals surface area contributed by atoms with Crippen molar-refractivity contribution in [3.8, 4) is 0 Å².